The first-order chi connectivity index (χ1) is 14.4. The lowest BCUT2D eigenvalue weighted by atomic mass is 9.81. The van der Waals surface area contributed by atoms with E-state index in [4.69, 9.17) is 9.84 Å². The Morgan fingerprint density at radius 1 is 1.27 bits per heavy atom. The lowest BCUT2D eigenvalue weighted by Crippen LogP contribution is -2.51. The normalized spacial score (nSPS) is 15.4. The molecule has 1 aromatic heterocycles. The largest absolute Gasteiger partial charge is 0.451 e. The molecule has 9 heteroatoms. The van der Waals surface area contributed by atoms with Crippen LogP contribution in [0.2, 0.25) is 0 Å². The lowest BCUT2D eigenvalue weighted by Gasteiger charge is -2.38. The molecule has 1 heterocycles. The van der Waals surface area contributed by atoms with Crippen molar-refractivity contribution in [2.75, 3.05) is 20.3 Å². The van der Waals surface area contributed by atoms with Gasteiger partial charge in [-0.1, -0.05) is 37.5 Å². The van der Waals surface area contributed by atoms with Gasteiger partial charge >= 0.3 is 5.97 Å². The summed E-state index contributed by atoms with van der Waals surface area (Å²) in [7, 11) is 1.56. The zero-order chi connectivity index (χ0) is 21.7. The molecule has 2 aromatic rings. The number of fused-ring (bicyclic) bond motifs is 1. The van der Waals surface area contributed by atoms with Gasteiger partial charge in [-0.2, -0.15) is 10.4 Å². The van der Waals surface area contributed by atoms with Crippen molar-refractivity contribution in [3.8, 4) is 6.07 Å². The highest BCUT2D eigenvalue weighted by Crippen LogP contribution is 2.32. The lowest BCUT2D eigenvalue weighted by molar-refractivity contribution is -0.138. The molecule has 1 aliphatic rings. The van der Waals surface area contributed by atoms with Crippen molar-refractivity contribution in [1.82, 2.24) is 14.7 Å². The van der Waals surface area contributed by atoms with Crippen molar-refractivity contribution in [2.24, 2.45) is 0 Å². The second-order valence-corrected chi connectivity index (χ2v) is 7.38. The van der Waals surface area contributed by atoms with E-state index in [1.165, 1.54) is 4.90 Å². The van der Waals surface area contributed by atoms with Crippen LogP contribution in [0.25, 0.3) is 10.8 Å². The maximum absolute atomic E-state index is 12.7. The van der Waals surface area contributed by atoms with Gasteiger partial charge in [0.05, 0.1) is 24.6 Å². The quantitative estimate of drug-likeness (QED) is 0.707. The van der Waals surface area contributed by atoms with Gasteiger partial charge < -0.3 is 14.7 Å². The third-order valence-corrected chi connectivity index (χ3v) is 5.60. The standard InChI is InChI=1S/C21H24N4O5/c1-24(21(14-22)9-5-2-6-10-21)17(27)13-30-20(29)18-15-7-3-4-8-16(15)19(28)25(23-18)11-12-26/h3-4,7-8,26H,2,5-6,9-13H2,1H3. The molecule has 1 aliphatic carbocycles. The van der Waals surface area contributed by atoms with Crippen molar-refractivity contribution in [2.45, 2.75) is 44.2 Å². The second-order valence-electron chi connectivity index (χ2n) is 7.38. The molecular formula is C21H24N4O5. The van der Waals surface area contributed by atoms with Crippen LogP contribution in [0.15, 0.2) is 29.1 Å². The fourth-order valence-corrected chi connectivity index (χ4v) is 3.82. The van der Waals surface area contributed by atoms with Gasteiger partial charge in [0, 0.05) is 12.4 Å². The van der Waals surface area contributed by atoms with Crippen molar-refractivity contribution in [1.29, 1.82) is 5.26 Å². The topological polar surface area (TPSA) is 126 Å². The molecule has 0 saturated heterocycles. The number of aliphatic hydroxyl groups is 1. The minimum Gasteiger partial charge on any atom is -0.451 e. The van der Waals surface area contributed by atoms with E-state index in [0.29, 0.717) is 18.2 Å². The van der Waals surface area contributed by atoms with E-state index in [9.17, 15) is 19.6 Å². The first-order valence-electron chi connectivity index (χ1n) is 9.89. The molecule has 30 heavy (non-hydrogen) atoms. The van der Waals surface area contributed by atoms with Crippen LogP contribution in [0.1, 0.15) is 42.6 Å². The van der Waals surface area contributed by atoms with Gasteiger partial charge in [-0.05, 0) is 18.9 Å². The van der Waals surface area contributed by atoms with Crippen molar-refractivity contribution in [3.63, 3.8) is 0 Å². The number of benzene rings is 1. The first kappa shape index (κ1) is 21.5. The van der Waals surface area contributed by atoms with Crippen LogP contribution in [0.5, 0.6) is 0 Å². The number of hydrogen-bond acceptors (Lipinski definition) is 7. The van der Waals surface area contributed by atoms with Gasteiger partial charge in [0.2, 0.25) is 0 Å². The minimum absolute atomic E-state index is 0.0731. The van der Waals surface area contributed by atoms with Gasteiger partial charge in [0.15, 0.2) is 12.3 Å². The number of rotatable bonds is 6. The van der Waals surface area contributed by atoms with Gasteiger partial charge in [-0.15, -0.1) is 0 Å². The van der Waals surface area contributed by atoms with E-state index in [2.05, 4.69) is 11.2 Å². The first-order valence-corrected chi connectivity index (χ1v) is 9.89. The van der Waals surface area contributed by atoms with Crippen LogP contribution in [0.3, 0.4) is 0 Å². The molecule has 1 aromatic carbocycles. The fourth-order valence-electron chi connectivity index (χ4n) is 3.82. The van der Waals surface area contributed by atoms with Gasteiger partial charge in [-0.25, -0.2) is 9.48 Å². The fraction of sp³-hybridized carbons (Fsp3) is 0.476. The summed E-state index contributed by atoms with van der Waals surface area (Å²) in [4.78, 5) is 39.1. The maximum atomic E-state index is 12.7. The predicted molar refractivity (Wildman–Crippen MR) is 108 cm³/mol. The average molecular weight is 412 g/mol. The predicted octanol–water partition coefficient (Wildman–Crippen LogP) is 1.23. The molecule has 0 unspecified atom stereocenters. The Kier molecular flexibility index (Phi) is 6.47. The highest BCUT2D eigenvalue weighted by molar-refractivity contribution is 6.02. The molecule has 0 radical (unpaired) electrons. The number of carbonyl (C=O) groups is 2. The van der Waals surface area contributed by atoms with E-state index in [1.54, 1.807) is 31.3 Å². The molecule has 1 fully saturated rings. The van der Waals surface area contributed by atoms with E-state index < -0.39 is 29.6 Å². The van der Waals surface area contributed by atoms with Crippen LogP contribution in [-0.4, -0.2) is 57.5 Å². The van der Waals surface area contributed by atoms with Crippen LogP contribution in [0, 0.1) is 11.3 Å². The Balaban J connectivity index is 1.80. The Morgan fingerprint density at radius 3 is 2.57 bits per heavy atom. The van der Waals surface area contributed by atoms with Crippen LogP contribution in [0.4, 0.5) is 0 Å². The van der Waals surface area contributed by atoms with Gasteiger partial charge in [0.25, 0.3) is 11.5 Å². The van der Waals surface area contributed by atoms with E-state index in [1.807, 2.05) is 0 Å². The molecule has 158 valence electrons. The molecule has 1 N–H and O–H groups in total. The summed E-state index contributed by atoms with van der Waals surface area (Å²) in [6.45, 7) is -0.927. The van der Waals surface area contributed by atoms with Gasteiger partial charge in [-0.3, -0.25) is 9.59 Å². The molecule has 3 rings (SSSR count). The molecule has 0 spiro atoms. The van der Waals surface area contributed by atoms with Crippen LogP contribution >= 0.6 is 0 Å². The zero-order valence-electron chi connectivity index (χ0n) is 16.8. The molecule has 1 amide bonds. The van der Waals surface area contributed by atoms with Gasteiger partial charge in [0.1, 0.15) is 5.54 Å². The number of carbonyl (C=O) groups excluding carboxylic acids is 2. The summed E-state index contributed by atoms with van der Waals surface area (Å²) in [5.41, 5.74) is -1.41. The summed E-state index contributed by atoms with van der Waals surface area (Å²) in [5, 5.41) is 23.4. The van der Waals surface area contributed by atoms with Crippen molar-refractivity contribution in [3.05, 3.63) is 40.3 Å². The van der Waals surface area contributed by atoms with E-state index >= 15 is 0 Å². The third kappa shape index (κ3) is 4.04. The van der Waals surface area contributed by atoms with Crippen molar-refractivity contribution < 1.29 is 19.4 Å². The zero-order valence-corrected chi connectivity index (χ0v) is 16.8. The molecular weight excluding hydrogens is 388 g/mol. The number of esters is 1. The number of ether oxygens (including phenoxy) is 1. The monoisotopic (exact) mass is 412 g/mol. The number of amides is 1. The number of nitriles is 1. The summed E-state index contributed by atoms with van der Waals surface area (Å²) in [5.74, 6) is -1.32. The molecule has 0 atom stereocenters. The molecule has 1 saturated carbocycles. The summed E-state index contributed by atoms with van der Waals surface area (Å²) < 4.78 is 6.19. The Labute approximate surface area is 173 Å². The van der Waals surface area contributed by atoms with E-state index in [-0.39, 0.29) is 24.2 Å². The molecule has 0 bridgehead atoms. The van der Waals surface area contributed by atoms with Crippen LogP contribution < -0.4 is 5.56 Å². The number of likely N-dealkylation sites (N-methyl/N-ethyl adjacent to an activating group) is 1. The Bertz CT molecular complexity index is 1050. The summed E-state index contributed by atoms with van der Waals surface area (Å²) in [6.07, 6.45) is 3.96. The maximum Gasteiger partial charge on any atom is 0.359 e. The van der Waals surface area contributed by atoms with Crippen LogP contribution in [-0.2, 0) is 16.1 Å². The number of aliphatic hydroxyl groups excluding tert-OH is 1. The number of nitrogens with zero attached hydrogens (tertiary/aromatic N) is 4. The number of aromatic nitrogens is 2. The second kappa shape index (κ2) is 9.05. The number of hydrogen-bond donors (Lipinski definition) is 1. The highest BCUT2D eigenvalue weighted by Gasteiger charge is 2.39. The Morgan fingerprint density at radius 2 is 1.93 bits per heavy atom. The minimum atomic E-state index is -0.874. The SMILES string of the molecule is CN(C(=O)COC(=O)c1nn(CCO)c(=O)c2ccccc12)C1(C#N)CCCCC1. The highest BCUT2D eigenvalue weighted by atomic mass is 16.5. The summed E-state index contributed by atoms with van der Waals surface area (Å²) >= 11 is 0. The summed E-state index contributed by atoms with van der Waals surface area (Å²) in [6, 6.07) is 8.71. The average Bonchev–Trinajstić information content (AvgIpc) is 2.79. The Hall–Kier alpha value is -3.25. The molecule has 0 aliphatic heterocycles. The van der Waals surface area contributed by atoms with Crippen molar-refractivity contribution >= 4 is 22.6 Å². The molecule has 9 nitrogen and oxygen atoms in total. The third-order valence-electron chi connectivity index (χ3n) is 5.60. The van der Waals surface area contributed by atoms with E-state index in [0.717, 1.165) is 23.9 Å². The smallest absolute Gasteiger partial charge is 0.359 e.